The summed E-state index contributed by atoms with van der Waals surface area (Å²) in [5.41, 5.74) is -2.41. The Morgan fingerprint density at radius 3 is 2.50 bits per heavy atom. The minimum Gasteiger partial charge on any atom is -0.478 e. The lowest BCUT2D eigenvalue weighted by Crippen LogP contribution is -2.39. The molecule has 0 aliphatic heterocycles. The van der Waals surface area contributed by atoms with Crippen LogP contribution in [-0.4, -0.2) is 27.8 Å². The van der Waals surface area contributed by atoms with Crippen molar-refractivity contribution in [1.29, 1.82) is 0 Å². The maximum absolute atomic E-state index is 12.7. The number of aromatic nitrogens is 1. The summed E-state index contributed by atoms with van der Waals surface area (Å²) in [5.74, 6) is -1.72. The van der Waals surface area contributed by atoms with E-state index in [0.717, 1.165) is 6.07 Å². The maximum Gasteiger partial charge on any atom is 0.411 e. The molecule has 0 atom stereocenters. The van der Waals surface area contributed by atoms with Crippen LogP contribution < -0.4 is 5.32 Å². The molecule has 8 heteroatoms. The molecule has 0 radical (unpaired) electrons. The van der Waals surface area contributed by atoms with Crippen LogP contribution in [0.3, 0.4) is 0 Å². The molecule has 0 spiro atoms. The van der Waals surface area contributed by atoms with Crippen LogP contribution in [0.4, 0.5) is 19.0 Å². The highest BCUT2D eigenvalue weighted by molar-refractivity contribution is 6.29. The summed E-state index contributed by atoms with van der Waals surface area (Å²) in [5, 5.41) is 11.0. The van der Waals surface area contributed by atoms with Gasteiger partial charge in [0.25, 0.3) is 0 Å². The van der Waals surface area contributed by atoms with E-state index in [4.69, 9.17) is 16.7 Å². The quantitative estimate of drug-likeness (QED) is 0.836. The number of aromatic carboxylic acids is 1. The number of carboxylic acids is 1. The average Bonchev–Trinajstić information content (AvgIpc) is 2.97. The summed E-state index contributed by atoms with van der Waals surface area (Å²) in [7, 11) is 0. The second-order valence-corrected chi connectivity index (χ2v) is 4.43. The molecule has 2 rings (SSSR count). The van der Waals surface area contributed by atoms with Gasteiger partial charge in [-0.3, -0.25) is 0 Å². The molecule has 1 aliphatic rings. The van der Waals surface area contributed by atoms with Gasteiger partial charge < -0.3 is 10.4 Å². The van der Waals surface area contributed by atoms with Crippen molar-refractivity contribution in [2.45, 2.75) is 24.6 Å². The molecule has 1 aliphatic carbocycles. The molecule has 98 valence electrons. The summed E-state index contributed by atoms with van der Waals surface area (Å²) in [6, 6.07) is 2.33. The van der Waals surface area contributed by atoms with Gasteiger partial charge in [0.15, 0.2) is 0 Å². The molecule has 1 fully saturated rings. The maximum atomic E-state index is 12.7. The first kappa shape index (κ1) is 12.9. The Hall–Kier alpha value is -1.50. The number of pyridine rings is 1. The van der Waals surface area contributed by atoms with Crippen molar-refractivity contribution in [3.8, 4) is 0 Å². The fraction of sp³-hybridized carbons (Fsp3) is 0.400. The highest BCUT2D eigenvalue weighted by Crippen LogP contribution is 2.51. The fourth-order valence-corrected chi connectivity index (χ4v) is 1.68. The minimum absolute atomic E-state index is 0.0690. The third-order valence-electron chi connectivity index (χ3n) is 2.74. The van der Waals surface area contributed by atoms with Crippen LogP contribution in [0.15, 0.2) is 12.1 Å². The van der Waals surface area contributed by atoms with E-state index in [9.17, 15) is 18.0 Å². The van der Waals surface area contributed by atoms with Gasteiger partial charge in [0.1, 0.15) is 22.1 Å². The van der Waals surface area contributed by atoms with Gasteiger partial charge in [-0.05, 0) is 25.0 Å². The van der Waals surface area contributed by atoms with Crippen molar-refractivity contribution in [1.82, 2.24) is 4.98 Å². The first-order valence-corrected chi connectivity index (χ1v) is 5.38. The molecule has 0 saturated heterocycles. The van der Waals surface area contributed by atoms with Crippen molar-refractivity contribution < 1.29 is 23.1 Å². The lowest BCUT2D eigenvalue weighted by Gasteiger charge is -2.22. The van der Waals surface area contributed by atoms with Crippen LogP contribution in [0.25, 0.3) is 0 Å². The number of carboxylic acid groups (broad SMARTS) is 1. The number of nitrogens with zero attached hydrogens (tertiary/aromatic N) is 1. The summed E-state index contributed by atoms with van der Waals surface area (Å²) >= 11 is 5.56. The van der Waals surface area contributed by atoms with Gasteiger partial charge in [0.2, 0.25) is 0 Å². The van der Waals surface area contributed by atoms with Crippen LogP contribution in [-0.2, 0) is 0 Å². The topological polar surface area (TPSA) is 62.2 Å². The van der Waals surface area contributed by atoms with Crippen LogP contribution in [0.2, 0.25) is 5.15 Å². The van der Waals surface area contributed by atoms with Gasteiger partial charge in [0, 0.05) is 0 Å². The number of hydrogen-bond acceptors (Lipinski definition) is 3. The second kappa shape index (κ2) is 4.01. The second-order valence-electron chi connectivity index (χ2n) is 4.04. The van der Waals surface area contributed by atoms with E-state index in [1.807, 2.05) is 0 Å². The number of alkyl halides is 3. The predicted molar refractivity (Wildman–Crippen MR) is 57.8 cm³/mol. The average molecular weight is 281 g/mol. The Labute approximate surface area is 105 Å². The number of rotatable bonds is 3. The normalized spacial score (nSPS) is 17.3. The Balaban J connectivity index is 2.35. The molecule has 1 aromatic rings. The number of halogens is 4. The number of hydrogen-bond donors (Lipinski definition) is 2. The van der Waals surface area contributed by atoms with Crippen LogP contribution in [0.1, 0.15) is 23.2 Å². The molecule has 1 heterocycles. The van der Waals surface area contributed by atoms with E-state index in [2.05, 4.69) is 10.3 Å². The van der Waals surface area contributed by atoms with Crippen molar-refractivity contribution in [3.63, 3.8) is 0 Å². The van der Waals surface area contributed by atoms with Gasteiger partial charge in [-0.2, -0.15) is 13.2 Å². The van der Waals surface area contributed by atoms with Crippen LogP contribution >= 0.6 is 11.6 Å². The Morgan fingerprint density at radius 2 is 2.06 bits per heavy atom. The number of anilines is 1. The van der Waals surface area contributed by atoms with Gasteiger partial charge >= 0.3 is 12.1 Å². The van der Waals surface area contributed by atoms with Crippen molar-refractivity contribution in [2.75, 3.05) is 5.32 Å². The van der Waals surface area contributed by atoms with E-state index in [0.29, 0.717) is 0 Å². The van der Waals surface area contributed by atoms with Gasteiger partial charge in [-0.1, -0.05) is 11.6 Å². The van der Waals surface area contributed by atoms with Gasteiger partial charge in [-0.15, -0.1) is 0 Å². The zero-order valence-electron chi connectivity index (χ0n) is 8.88. The molecular weight excluding hydrogens is 273 g/mol. The summed E-state index contributed by atoms with van der Waals surface area (Å²) in [6.45, 7) is 0. The molecule has 0 bridgehead atoms. The predicted octanol–water partition coefficient (Wildman–Crippen LogP) is 2.94. The zero-order chi connectivity index (χ0) is 13.6. The van der Waals surface area contributed by atoms with E-state index in [1.54, 1.807) is 0 Å². The van der Waals surface area contributed by atoms with Gasteiger partial charge in [-0.25, -0.2) is 9.78 Å². The molecule has 0 amide bonds. The first-order chi connectivity index (χ1) is 8.25. The molecule has 0 aromatic carbocycles. The third kappa shape index (κ3) is 2.22. The van der Waals surface area contributed by atoms with E-state index in [1.165, 1.54) is 6.07 Å². The highest BCUT2D eigenvalue weighted by Gasteiger charge is 2.64. The Morgan fingerprint density at radius 1 is 1.44 bits per heavy atom. The molecule has 2 N–H and O–H groups in total. The molecule has 0 unspecified atom stereocenters. The largest absolute Gasteiger partial charge is 0.478 e. The molecule has 18 heavy (non-hydrogen) atoms. The summed E-state index contributed by atoms with van der Waals surface area (Å²) < 4.78 is 38.2. The Bertz CT molecular complexity index is 500. The molecular formula is C10H8ClF3N2O2. The third-order valence-corrected chi connectivity index (χ3v) is 2.95. The molecule has 1 aromatic heterocycles. The summed E-state index contributed by atoms with van der Waals surface area (Å²) in [6.07, 6.45) is -4.67. The monoisotopic (exact) mass is 280 g/mol. The SMILES string of the molecule is O=C(O)c1ccc(Cl)nc1NC1(C(F)(F)F)CC1. The molecule has 1 saturated carbocycles. The minimum atomic E-state index is -4.45. The number of carbonyl (C=O) groups is 1. The van der Waals surface area contributed by atoms with E-state index >= 15 is 0 Å². The lowest BCUT2D eigenvalue weighted by molar-refractivity contribution is -0.151. The smallest absolute Gasteiger partial charge is 0.411 e. The van der Waals surface area contributed by atoms with Crippen molar-refractivity contribution >= 4 is 23.4 Å². The zero-order valence-corrected chi connectivity index (χ0v) is 9.64. The van der Waals surface area contributed by atoms with Crippen LogP contribution in [0.5, 0.6) is 0 Å². The fourth-order valence-electron chi connectivity index (χ4n) is 1.53. The van der Waals surface area contributed by atoms with Crippen molar-refractivity contribution in [2.24, 2.45) is 0 Å². The lowest BCUT2D eigenvalue weighted by atomic mass is 10.2. The van der Waals surface area contributed by atoms with Crippen LogP contribution in [0, 0.1) is 0 Å². The Kier molecular flexibility index (Phi) is 2.89. The van der Waals surface area contributed by atoms with E-state index < -0.39 is 17.7 Å². The molecule has 4 nitrogen and oxygen atoms in total. The first-order valence-electron chi connectivity index (χ1n) is 5.00. The van der Waals surface area contributed by atoms with E-state index in [-0.39, 0.29) is 29.4 Å². The summed E-state index contributed by atoms with van der Waals surface area (Å²) in [4.78, 5) is 14.5. The standard InChI is InChI=1S/C10H8ClF3N2O2/c11-6-2-1-5(8(17)18)7(15-6)16-9(3-4-9)10(12,13)14/h1-2H,3-4H2,(H,15,16)(H,17,18). The highest BCUT2D eigenvalue weighted by atomic mass is 35.5. The van der Waals surface area contributed by atoms with Crippen molar-refractivity contribution in [3.05, 3.63) is 22.8 Å². The number of nitrogens with one attached hydrogen (secondary N) is 1. The van der Waals surface area contributed by atoms with Gasteiger partial charge in [0.05, 0.1) is 0 Å².